The molecule has 0 fully saturated rings. The summed E-state index contributed by atoms with van der Waals surface area (Å²) in [6.45, 7) is 1.76. The molecule has 1 aromatic carbocycles. The van der Waals surface area contributed by atoms with Gasteiger partial charge in [-0.25, -0.2) is 4.79 Å². The number of carbonyl (C=O) groups is 1. The van der Waals surface area contributed by atoms with Gasteiger partial charge in [0.1, 0.15) is 5.75 Å². The molecule has 0 heterocycles. The van der Waals surface area contributed by atoms with E-state index in [0.717, 1.165) is 0 Å². The van der Waals surface area contributed by atoms with Crippen LogP contribution >= 0.6 is 0 Å². The van der Waals surface area contributed by atoms with Crippen LogP contribution in [-0.2, 0) is 15.1 Å². The molecule has 94 valence electrons. The first-order valence-corrected chi connectivity index (χ1v) is 5.91. The van der Waals surface area contributed by atoms with Crippen LogP contribution in [0.4, 0.5) is 0 Å². The van der Waals surface area contributed by atoms with Crippen molar-refractivity contribution >= 4 is 16.4 Å². The average Bonchev–Trinajstić information content (AvgIpc) is 2.38. The van der Waals surface area contributed by atoms with E-state index in [1.54, 1.807) is 6.92 Å². The predicted molar refractivity (Wildman–Crippen MR) is 59.2 cm³/mol. The number of ether oxygens (including phenoxy) is 1. The van der Waals surface area contributed by atoms with Crippen molar-refractivity contribution in [2.24, 2.45) is 0 Å². The van der Waals surface area contributed by atoms with Crippen molar-refractivity contribution in [3.05, 3.63) is 29.7 Å². The van der Waals surface area contributed by atoms with Crippen molar-refractivity contribution in [3.8, 4) is 5.75 Å². The van der Waals surface area contributed by atoms with Gasteiger partial charge in [-0.15, -0.1) is 0 Å². The summed E-state index contributed by atoms with van der Waals surface area (Å²) < 4.78 is 68.8. The topological polar surface area (TPSA) is 89.9 Å². The highest BCUT2D eigenvalue weighted by molar-refractivity contribution is 7.81. The van der Waals surface area contributed by atoms with Crippen molar-refractivity contribution in [2.45, 2.75) is 13.3 Å². The molecule has 0 bridgehead atoms. The van der Waals surface area contributed by atoms with Crippen molar-refractivity contribution in [2.75, 3.05) is 6.61 Å². The molecule has 0 radical (unpaired) electrons. The maximum atomic E-state index is 11.7. The van der Waals surface area contributed by atoms with Crippen LogP contribution in [-0.4, -0.2) is 25.5 Å². The van der Waals surface area contributed by atoms with Crippen LogP contribution < -0.4 is 4.18 Å². The van der Waals surface area contributed by atoms with E-state index in [1.807, 2.05) is 0 Å². The molecule has 0 aliphatic heterocycles. The van der Waals surface area contributed by atoms with Gasteiger partial charge in [-0.3, -0.25) is 4.55 Å². The Bertz CT molecular complexity index is 644. The van der Waals surface area contributed by atoms with Gasteiger partial charge in [-0.1, -0.05) is 6.92 Å². The Morgan fingerprint density at radius 1 is 1.41 bits per heavy atom. The number of hydrogen-bond donors (Lipinski definition) is 1. The highest BCUT2D eigenvalue weighted by Crippen LogP contribution is 2.14. The van der Waals surface area contributed by atoms with Crippen molar-refractivity contribution in [1.29, 1.82) is 0 Å². The van der Waals surface area contributed by atoms with Gasteiger partial charge in [0, 0.05) is 0 Å². The van der Waals surface area contributed by atoms with Crippen LogP contribution in [0.25, 0.3) is 0 Å². The van der Waals surface area contributed by atoms with E-state index in [2.05, 4.69) is 4.18 Å². The average molecular weight is 264 g/mol. The lowest BCUT2D eigenvalue weighted by Gasteiger charge is -2.04. The molecule has 17 heavy (non-hydrogen) atoms. The third-order valence-corrected chi connectivity index (χ3v) is 1.81. The minimum Gasteiger partial charge on any atom is -0.462 e. The minimum atomic E-state index is -5.03. The third-order valence-electron chi connectivity index (χ3n) is 1.43. The van der Waals surface area contributed by atoms with Crippen LogP contribution in [0.1, 0.15) is 29.2 Å². The molecule has 6 nitrogen and oxygen atoms in total. The molecular formula is C10H12O6S. The SMILES string of the molecule is [2H]c1c([2H])c(C(=O)OCCC)c([2H])c([2H])c1OS(=O)(=O)O. The van der Waals surface area contributed by atoms with Crippen LogP contribution in [0.15, 0.2) is 24.2 Å². The van der Waals surface area contributed by atoms with Crippen molar-refractivity contribution in [1.82, 2.24) is 0 Å². The molecule has 0 atom stereocenters. The zero-order chi connectivity index (χ0) is 16.4. The Morgan fingerprint density at radius 3 is 2.47 bits per heavy atom. The summed E-state index contributed by atoms with van der Waals surface area (Å²) >= 11 is 0. The van der Waals surface area contributed by atoms with Gasteiger partial charge in [0.25, 0.3) is 0 Å². The van der Waals surface area contributed by atoms with Gasteiger partial charge >= 0.3 is 16.4 Å². The summed E-state index contributed by atoms with van der Waals surface area (Å²) in [7, 11) is -5.03. The van der Waals surface area contributed by atoms with Crippen LogP contribution in [0, 0.1) is 0 Å². The number of benzene rings is 1. The molecule has 1 aromatic rings. The fourth-order valence-corrected chi connectivity index (χ4v) is 1.11. The smallest absolute Gasteiger partial charge is 0.446 e. The second-order valence-electron chi connectivity index (χ2n) is 2.85. The quantitative estimate of drug-likeness (QED) is 0.639. The van der Waals surface area contributed by atoms with Gasteiger partial charge in [-0.2, -0.15) is 8.42 Å². The zero-order valence-corrected chi connectivity index (χ0v) is 9.63. The van der Waals surface area contributed by atoms with Crippen molar-refractivity contribution in [3.63, 3.8) is 0 Å². The lowest BCUT2D eigenvalue weighted by molar-refractivity contribution is 0.0505. The largest absolute Gasteiger partial charge is 0.462 e. The van der Waals surface area contributed by atoms with Gasteiger partial charge in [-0.05, 0) is 30.6 Å². The summed E-state index contributed by atoms with van der Waals surface area (Å²) in [5.74, 6) is -2.06. The number of rotatable bonds is 5. The summed E-state index contributed by atoms with van der Waals surface area (Å²) in [5, 5.41) is 0. The normalized spacial score (nSPS) is 14.2. The van der Waals surface area contributed by atoms with Gasteiger partial charge in [0.2, 0.25) is 0 Å². The van der Waals surface area contributed by atoms with E-state index in [1.165, 1.54) is 0 Å². The highest BCUT2D eigenvalue weighted by atomic mass is 32.3. The molecule has 0 unspecified atom stereocenters. The van der Waals surface area contributed by atoms with E-state index in [0.29, 0.717) is 6.42 Å². The molecule has 1 N–H and O–H groups in total. The Kier molecular flexibility index (Phi) is 2.82. The van der Waals surface area contributed by atoms with Crippen LogP contribution in [0.3, 0.4) is 0 Å². The third kappa shape index (κ3) is 4.83. The molecule has 0 aliphatic carbocycles. The number of carbonyl (C=O) groups excluding carboxylic acids is 1. The summed E-state index contributed by atoms with van der Waals surface area (Å²) in [6, 6.07) is -3.49. The lowest BCUT2D eigenvalue weighted by Crippen LogP contribution is -2.08. The Labute approximate surface area is 105 Å². The molecule has 0 spiro atoms. The number of hydrogen-bond acceptors (Lipinski definition) is 5. The fraction of sp³-hybridized carbons (Fsp3) is 0.300. The number of esters is 1. The summed E-state index contributed by atoms with van der Waals surface area (Å²) in [6.07, 6.45) is 0.498. The fourth-order valence-electron chi connectivity index (χ4n) is 0.817. The summed E-state index contributed by atoms with van der Waals surface area (Å²) in [4.78, 5) is 11.7. The first-order valence-electron chi connectivity index (χ1n) is 6.54. The monoisotopic (exact) mass is 264 g/mol. The molecule has 0 aromatic heterocycles. The molecule has 0 aliphatic rings. The maximum absolute atomic E-state index is 11.7. The standard InChI is InChI=1S/C10H12O6S/c1-2-7-15-10(11)8-3-5-9(6-4-8)16-17(12,13)14/h3-6H,2,7H2,1H3,(H,12,13,14)/i3D,4D,5D,6D. The van der Waals surface area contributed by atoms with E-state index in [-0.39, 0.29) is 6.61 Å². The minimum absolute atomic E-state index is 0.0294. The molecule has 1 rings (SSSR count). The van der Waals surface area contributed by atoms with Gasteiger partial charge < -0.3 is 8.92 Å². The maximum Gasteiger partial charge on any atom is 0.446 e. The van der Waals surface area contributed by atoms with E-state index >= 15 is 0 Å². The molecular weight excluding hydrogens is 248 g/mol. The van der Waals surface area contributed by atoms with E-state index in [4.69, 9.17) is 14.8 Å². The Balaban J connectivity index is 3.43. The van der Waals surface area contributed by atoms with Gasteiger partial charge in [0.15, 0.2) is 0 Å². The second-order valence-corrected chi connectivity index (χ2v) is 3.87. The van der Waals surface area contributed by atoms with Crippen LogP contribution in [0.2, 0.25) is 0 Å². The summed E-state index contributed by atoms with van der Waals surface area (Å²) in [5.41, 5.74) is -0.638. The van der Waals surface area contributed by atoms with Crippen LogP contribution in [0.5, 0.6) is 5.75 Å². The van der Waals surface area contributed by atoms with Gasteiger partial charge in [0.05, 0.1) is 17.7 Å². The van der Waals surface area contributed by atoms with E-state index in [9.17, 15) is 13.2 Å². The van der Waals surface area contributed by atoms with E-state index < -0.39 is 51.9 Å². The molecule has 0 saturated carbocycles. The first-order chi connectivity index (χ1) is 9.60. The predicted octanol–water partition coefficient (Wildman–Crippen LogP) is 1.43. The Hall–Kier alpha value is -1.60. The Morgan fingerprint density at radius 2 is 2.00 bits per heavy atom. The van der Waals surface area contributed by atoms with Crippen molar-refractivity contribution < 1.29 is 32.2 Å². The highest BCUT2D eigenvalue weighted by Gasteiger charge is 2.09. The molecule has 7 heteroatoms. The first kappa shape index (κ1) is 8.48. The second kappa shape index (κ2) is 5.65. The molecule has 0 saturated heterocycles. The lowest BCUT2D eigenvalue weighted by atomic mass is 10.2. The molecule has 0 amide bonds. The zero-order valence-electron chi connectivity index (χ0n) is 12.8.